The average Bonchev–Trinajstić information content (AvgIpc) is 3.64. The fraction of sp³-hybridized carbons (Fsp3) is 0.370. The highest BCUT2D eigenvalue weighted by Crippen LogP contribution is 2.28. The van der Waals surface area contributed by atoms with Crippen molar-refractivity contribution in [2.24, 2.45) is 5.73 Å². The third kappa shape index (κ3) is 7.06. The van der Waals surface area contributed by atoms with Crippen molar-refractivity contribution in [2.75, 3.05) is 11.9 Å². The zero-order valence-electron chi connectivity index (χ0n) is 22.4. The van der Waals surface area contributed by atoms with Crippen molar-refractivity contribution in [3.8, 4) is 0 Å². The van der Waals surface area contributed by atoms with Crippen LogP contribution in [0.2, 0.25) is 5.02 Å². The van der Waals surface area contributed by atoms with Crippen LogP contribution in [0.4, 0.5) is 14.9 Å². The maximum absolute atomic E-state index is 14.1. The molecule has 1 aromatic heterocycles. The molecule has 1 saturated carbocycles. The molecule has 40 heavy (non-hydrogen) atoms. The number of nitrogens with zero attached hydrogens (tertiary/aromatic N) is 3. The number of fused-ring (bicyclic) bond motifs is 1. The molecule has 212 valence electrons. The number of aromatic nitrogens is 2. The fourth-order valence-electron chi connectivity index (χ4n) is 4.18. The minimum Gasteiger partial charge on any atom is -0.364 e. The van der Waals surface area contributed by atoms with Crippen LogP contribution in [-0.4, -0.2) is 56.6 Å². The summed E-state index contributed by atoms with van der Waals surface area (Å²) < 4.78 is 15.5. The minimum absolute atomic E-state index is 0.0422. The van der Waals surface area contributed by atoms with Crippen molar-refractivity contribution in [3.05, 3.63) is 58.5 Å². The van der Waals surface area contributed by atoms with Gasteiger partial charge in [-0.15, -0.1) is 0 Å². The number of halogens is 2. The van der Waals surface area contributed by atoms with Crippen LogP contribution in [0.5, 0.6) is 0 Å². The molecule has 11 nitrogen and oxygen atoms in total. The average molecular weight is 572 g/mol. The van der Waals surface area contributed by atoms with Crippen LogP contribution >= 0.6 is 11.6 Å². The topological polar surface area (TPSA) is 151 Å². The molecular formula is C27H31ClFN7O4. The van der Waals surface area contributed by atoms with Crippen LogP contribution in [-0.2, 0) is 22.7 Å². The van der Waals surface area contributed by atoms with Gasteiger partial charge in [-0.2, -0.15) is 5.10 Å². The normalized spacial score (nSPS) is 13.1. The van der Waals surface area contributed by atoms with E-state index in [1.165, 1.54) is 21.7 Å². The number of anilines is 1. The third-order valence-electron chi connectivity index (χ3n) is 6.14. The highest BCUT2D eigenvalue weighted by atomic mass is 35.5. The Morgan fingerprint density at radius 3 is 2.55 bits per heavy atom. The lowest BCUT2D eigenvalue weighted by Gasteiger charge is -2.22. The van der Waals surface area contributed by atoms with Gasteiger partial charge in [0.2, 0.25) is 11.8 Å². The molecular weight excluding hydrogens is 541 g/mol. The molecule has 13 heteroatoms. The number of nitrogens with one attached hydrogen (secondary N) is 3. The Labute approximate surface area is 235 Å². The summed E-state index contributed by atoms with van der Waals surface area (Å²) in [5.74, 6) is -2.23. The summed E-state index contributed by atoms with van der Waals surface area (Å²) in [7, 11) is 0. The Kier molecular flexibility index (Phi) is 8.29. The number of urea groups is 1. The van der Waals surface area contributed by atoms with Crippen LogP contribution in [0.15, 0.2) is 36.4 Å². The molecule has 1 aliphatic rings. The molecule has 5 amide bonds. The van der Waals surface area contributed by atoms with Crippen LogP contribution in [0, 0.1) is 5.82 Å². The molecule has 0 aliphatic heterocycles. The van der Waals surface area contributed by atoms with Gasteiger partial charge in [0.25, 0.3) is 5.91 Å². The molecule has 3 aromatic rings. The molecule has 1 heterocycles. The van der Waals surface area contributed by atoms with Crippen molar-refractivity contribution < 1.29 is 23.6 Å². The summed E-state index contributed by atoms with van der Waals surface area (Å²) in [6.45, 7) is 4.99. The Bertz CT molecular complexity index is 1480. The number of benzene rings is 2. The number of rotatable bonds is 9. The SMILES string of the molecule is CC(C)(C)NC(=O)Nc1ccc2c(c1)c(C(N)=O)nn2CC(=O)N(CC(=O)NCc1cccc(Cl)c1F)C1CC1. The van der Waals surface area contributed by atoms with E-state index in [0.29, 0.717) is 16.6 Å². The molecule has 0 bridgehead atoms. The largest absolute Gasteiger partial charge is 0.364 e. The van der Waals surface area contributed by atoms with Gasteiger partial charge in [-0.1, -0.05) is 23.7 Å². The number of hydrogen-bond acceptors (Lipinski definition) is 5. The predicted molar refractivity (Wildman–Crippen MR) is 148 cm³/mol. The van der Waals surface area contributed by atoms with E-state index < -0.39 is 29.2 Å². The molecule has 1 fully saturated rings. The number of hydrogen-bond donors (Lipinski definition) is 4. The summed E-state index contributed by atoms with van der Waals surface area (Å²) in [6.07, 6.45) is 1.50. The van der Waals surface area contributed by atoms with Gasteiger partial charge in [-0.25, -0.2) is 9.18 Å². The molecule has 2 aromatic carbocycles. The lowest BCUT2D eigenvalue weighted by atomic mass is 10.1. The van der Waals surface area contributed by atoms with Crippen molar-refractivity contribution in [2.45, 2.75) is 58.3 Å². The van der Waals surface area contributed by atoms with Gasteiger partial charge >= 0.3 is 6.03 Å². The molecule has 0 atom stereocenters. The first kappa shape index (κ1) is 28.8. The van der Waals surface area contributed by atoms with Gasteiger partial charge in [-0.3, -0.25) is 19.1 Å². The lowest BCUT2D eigenvalue weighted by molar-refractivity contribution is -0.137. The lowest BCUT2D eigenvalue weighted by Crippen LogP contribution is -2.43. The van der Waals surface area contributed by atoms with Crippen LogP contribution in [0.1, 0.15) is 49.7 Å². The molecule has 0 spiro atoms. The second kappa shape index (κ2) is 11.5. The van der Waals surface area contributed by atoms with E-state index in [4.69, 9.17) is 17.3 Å². The number of carbonyl (C=O) groups is 4. The second-order valence-electron chi connectivity index (χ2n) is 10.7. The molecule has 0 radical (unpaired) electrons. The van der Waals surface area contributed by atoms with Gasteiger partial charge in [0.05, 0.1) is 17.1 Å². The Morgan fingerprint density at radius 1 is 1.18 bits per heavy atom. The molecule has 1 aliphatic carbocycles. The van der Waals surface area contributed by atoms with Crippen molar-refractivity contribution in [1.29, 1.82) is 0 Å². The summed E-state index contributed by atoms with van der Waals surface area (Å²) in [4.78, 5) is 51.8. The molecule has 5 N–H and O–H groups in total. The summed E-state index contributed by atoms with van der Waals surface area (Å²) in [5, 5.41) is 12.7. The Balaban J connectivity index is 1.48. The number of carbonyl (C=O) groups excluding carboxylic acids is 4. The van der Waals surface area contributed by atoms with Crippen molar-refractivity contribution >= 4 is 51.9 Å². The smallest absolute Gasteiger partial charge is 0.319 e. The van der Waals surface area contributed by atoms with E-state index in [1.807, 2.05) is 20.8 Å². The molecule has 0 unspecified atom stereocenters. The third-order valence-corrected chi connectivity index (χ3v) is 6.44. The number of primary amides is 1. The van der Waals surface area contributed by atoms with Gasteiger partial charge in [0.15, 0.2) is 5.69 Å². The highest BCUT2D eigenvalue weighted by Gasteiger charge is 2.34. The van der Waals surface area contributed by atoms with E-state index in [2.05, 4.69) is 21.0 Å². The van der Waals surface area contributed by atoms with E-state index in [-0.39, 0.29) is 47.9 Å². The van der Waals surface area contributed by atoms with Crippen molar-refractivity contribution in [1.82, 2.24) is 25.3 Å². The van der Waals surface area contributed by atoms with Gasteiger partial charge in [-0.05, 0) is 57.9 Å². The van der Waals surface area contributed by atoms with Crippen molar-refractivity contribution in [3.63, 3.8) is 0 Å². The van der Waals surface area contributed by atoms with E-state index in [9.17, 15) is 23.6 Å². The molecule has 0 saturated heterocycles. The Morgan fingerprint density at radius 2 is 1.90 bits per heavy atom. The quantitative estimate of drug-likeness (QED) is 0.311. The maximum Gasteiger partial charge on any atom is 0.319 e. The zero-order valence-corrected chi connectivity index (χ0v) is 23.1. The zero-order chi connectivity index (χ0) is 29.2. The van der Waals surface area contributed by atoms with Gasteiger partial charge in [0.1, 0.15) is 12.4 Å². The first-order valence-corrected chi connectivity index (χ1v) is 13.1. The van der Waals surface area contributed by atoms with E-state index >= 15 is 0 Å². The van der Waals surface area contributed by atoms with Gasteiger partial charge in [0, 0.05) is 34.8 Å². The van der Waals surface area contributed by atoms with Crippen LogP contribution in [0.25, 0.3) is 10.9 Å². The first-order chi connectivity index (χ1) is 18.8. The van der Waals surface area contributed by atoms with Gasteiger partial charge < -0.3 is 26.6 Å². The first-order valence-electron chi connectivity index (χ1n) is 12.7. The maximum atomic E-state index is 14.1. The number of amides is 5. The van der Waals surface area contributed by atoms with Crippen LogP contribution < -0.4 is 21.7 Å². The minimum atomic E-state index is -0.792. The number of nitrogens with two attached hydrogens (primary N) is 1. The van der Waals surface area contributed by atoms with E-state index in [0.717, 1.165) is 12.8 Å². The summed E-state index contributed by atoms with van der Waals surface area (Å²) >= 11 is 5.80. The fourth-order valence-corrected chi connectivity index (χ4v) is 4.37. The molecule has 4 rings (SSSR count). The standard InChI is InChI=1S/C27H31ClFN7O4/c1-27(2,3)33-26(40)32-16-7-10-20-18(11-16)24(25(30)39)34-36(20)14-22(38)35(17-8-9-17)13-21(37)31-12-15-5-4-6-19(28)23(15)29/h4-7,10-11,17H,8-9,12-14H2,1-3H3,(H2,30,39)(H,31,37)(H2,32,33,40). The summed E-state index contributed by atoms with van der Waals surface area (Å²) in [6, 6.07) is 8.81. The van der Waals surface area contributed by atoms with Crippen LogP contribution in [0.3, 0.4) is 0 Å². The van der Waals surface area contributed by atoms with E-state index in [1.54, 1.807) is 24.3 Å². The Hall–Kier alpha value is -4.19. The predicted octanol–water partition coefficient (Wildman–Crippen LogP) is 3.16. The summed E-state index contributed by atoms with van der Waals surface area (Å²) in [5.41, 5.74) is 6.15. The monoisotopic (exact) mass is 571 g/mol. The second-order valence-corrected chi connectivity index (χ2v) is 11.1. The highest BCUT2D eigenvalue weighted by molar-refractivity contribution is 6.30.